The van der Waals surface area contributed by atoms with Crippen LogP contribution in [0.4, 0.5) is 19.0 Å². The molecule has 4 heterocycles. The molecule has 2 aliphatic rings. The third-order valence-corrected chi connectivity index (χ3v) is 15.9. The minimum Gasteiger partial charge on any atom is -0.497 e. The van der Waals surface area contributed by atoms with Crippen LogP contribution in [0.5, 0.6) is 11.5 Å². The van der Waals surface area contributed by atoms with E-state index in [1.807, 2.05) is 15.7 Å². The zero-order valence-electron chi connectivity index (χ0n) is 32.2. The lowest BCUT2D eigenvalue weighted by molar-refractivity contribution is 0.384. The number of methoxy groups -OCH3 is 2. The summed E-state index contributed by atoms with van der Waals surface area (Å²) in [6, 6.07) is 21.6. The van der Waals surface area contributed by atoms with Crippen molar-refractivity contribution in [2.75, 3.05) is 76.4 Å². The van der Waals surface area contributed by atoms with Crippen LogP contribution < -0.4 is 19.3 Å². The van der Waals surface area contributed by atoms with Crippen LogP contribution >= 0.6 is 45.9 Å². The van der Waals surface area contributed by atoms with Gasteiger partial charge in [0.05, 0.1) is 40.4 Å². The molecule has 0 amide bonds. The van der Waals surface area contributed by atoms with E-state index in [4.69, 9.17) is 32.7 Å². The van der Waals surface area contributed by atoms with E-state index < -0.39 is 31.7 Å². The van der Waals surface area contributed by atoms with Crippen LogP contribution in [-0.4, -0.2) is 102 Å². The fraction of sp³-hybridized carbons (Fsp3) is 0.250. The molecule has 0 aliphatic carbocycles. The summed E-state index contributed by atoms with van der Waals surface area (Å²) in [6.45, 7) is 3.55. The number of hydrogen-bond acceptors (Lipinski definition) is 12. The molecule has 2 fully saturated rings. The molecule has 12 nitrogen and oxygen atoms in total. The molecule has 2 aromatic heterocycles. The predicted molar refractivity (Wildman–Crippen MR) is 233 cm³/mol. The molecule has 0 atom stereocenters. The van der Waals surface area contributed by atoms with Gasteiger partial charge in [0.2, 0.25) is 20.0 Å². The lowest BCUT2D eigenvalue weighted by Crippen LogP contribution is -2.48. The minimum atomic E-state index is -3.56. The summed E-state index contributed by atoms with van der Waals surface area (Å²) in [5.74, 6) is 0.341. The highest BCUT2D eigenvalue weighted by Gasteiger charge is 2.31. The zero-order chi connectivity index (χ0) is 42.6. The van der Waals surface area contributed by atoms with Gasteiger partial charge in [0.15, 0.2) is 10.3 Å². The van der Waals surface area contributed by atoms with E-state index >= 15 is 0 Å². The minimum absolute atomic E-state index is 0.0550. The molecule has 20 heteroatoms. The lowest BCUT2D eigenvalue weighted by atomic mass is 10.2. The number of piperazine rings is 2. The van der Waals surface area contributed by atoms with Crippen molar-refractivity contribution in [3.8, 4) is 34.0 Å². The van der Waals surface area contributed by atoms with Crippen LogP contribution in [0.1, 0.15) is 0 Å². The monoisotopic (exact) mass is 934 g/mol. The summed E-state index contributed by atoms with van der Waals surface area (Å²) < 4.78 is 91.7. The summed E-state index contributed by atoms with van der Waals surface area (Å²) in [4.78, 5) is 13.8. The summed E-state index contributed by atoms with van der Waals surface area (Å²) in [6.07, 6.45) is 0. The molecular weight excluding hydrogens is 898 g/mol. The van der Waals surface area contributed by atoms with E-state index in [2.05, 4.69) is 14.9 Å². The molecule has 2 aliphatic heterocycles. The lowest BCUT2D eigenvalue weighted by Gasteiger charge is -2.33. The Morgan fingerprint density at radius 3 is 1.45 bits per heavy atom. The van der Waals surface area contributed by atoms with Gasteiger partial charge in [-0.1, -0.05) is 23.2 Å². The van der Waals surface area contributed by atoms with Crippen molar-refractivity contribution in [2.45, 2.75) is 9.79 Å². The number of hydrogen-bond donors (Lipinski definition) is 0. The number of anilines is 2. The standard InChI is InChI=1S/2C20H19ClFN3O3S2/c1-28-15-3-5-16(6-4-15)30(26,27)25-10-8-24(9-11-25)20-23-19(13-29-20)14-2-7-18(22)17(21)12-14;1-28-17-2-4-18(5-3-17)30(26,27)25-8-6-24(7-9-25)20-23-19(13-29-20)14-10-15(21)12-16(22)11-14/h2-7,12-13H,8-11H2,1H3;2-5,10-13H,6-9H2,1H3. The first kappa shape index (κ1) is 43.7. The molecule has 2 saturated heterocycles. The highest BCUT2D eigenvalue weighted by atomic mass is 35.5. The molecule has 6 aromatic rings. The Bertz CT molecular complexity index is 2630. The van der Waals surface area contributed by atoms with Crippen molar-refractivity contribution in [1.82, 2.24) is 18.6 Å². The van der Waals surface area contributed by atoms with Gasteiger partial charge in [-0.3, -0.25) is 0 Å². The molecule has 0 N–H and O–H groups in total. The van der Waals surface area contributed by atoms with Crippen LogP contribution in [-0.2, 0) is 20.0 Å². The number of ether oxygens (including phenoxy) is 2. The molecule has 8 rings (SSSR count). The SMILES string of the molecule is COc1ccc(S(=O)(=O)N2CCN(c3nc(-c4cc(F)cc(Cl)c4)cs3)CC2)cc1.COc1ccc(S(=O)(=O)N2CCN(c3nc(-c4ccc(F)c(Cl)c4)cs3)CC2)cc1. The van der Waals surface area contributed by atoms with Crippen LogP contribution in [0.3, 0.4) is 0 Å². The number of rotatable bonds is 10. The Hall–Kier alpha value is -4.40. The number of aromatic nitrogens is 2. The van der Waals surface area contributed by atoms with Gasteiger partial charge in [-0.15, -0.1) is 22.7 Å². The average Bonchev–Trinajstić information content (AvgIpc) is 3.97. The maximum Gasteiger partial charge on any atom is 0.243 e. The van der Waals surface area contributed by atoms with Crippen molar-refractivity contribution in [3.63, 3.8) is 0 Å². The van der Waals surface area contributed by atoms with Crippen molar-refractivity contribution in [2.24, 2.45) is 0 Å². The van der Waals surface area contributed by atoms with E-state index in [9.17, 15) is 25.6 Å². The predicted octanol–water partition coefficient (Wildman–Crippen LogP) is 8.24. The molecular formula is C40H38Cl2F2N6O6S4. The molecule has 0 spiro atoms. The highest BCUT2D eigenvalue weighted by Crippen LogP contribution is 2.33. The maximum atomic E-state index is 13.6. The topological polar surface area (TPSA) is 125 Å². The molecule has 0 unspecified atom stereocenters. The molecule has 0 bridgehead atoms. The normalized spacial score (nSPS) is 15.4. The first-order valence-electron chi connectivity index (χ1n) is 18.4. The molecule has 316 valence electrons. The summed E-state index contributed by atoms with van der Waals surface area (Å²) in [5, 5.41) is 5.68. The van der Waals surface area contributed by atoms with Gasteiger partial charge in [0, 0.05) is 79.3 Å². The first-order chi connectivity index (χ1) is 28.7. The molecule has 0 saturated carbocycles. The van der Waals surface area contributed by atoms with Gasteiger partial charge in [0.25, 0.3) is 0 Å². The average molecular weight is 936 g/mol. The first-order valence-corrected chi connectivity index (χ1v) is 23.8. The maximum absolute atomic E-state index is 13.6. The van der Waals surface area contributed by atoms with E-state index in [0.717, 1.165) is 15.8 Å². The van der Waals surface area contributed by atoms with Crippen LogP contribution in [0, 0.1) is 11.6 Å². The van der Waals surface area contributed by atoms with Gasteiger partial charge >= 0.3 is 0 Å². The smallest absolute Gasteiger partial charge is 0.243 e. The summed E-state index contributed by atoms with van der Waals surface area (Å²) in [7, 11) is -4.04. The van der Waals surface area contributed by atoms with Gasteiger partial charge in [-0.2, -0.15) is 8.61 Å². The Morgan fingerprint density at radius 2 is 1.03 bits per heavy atom. The van der Waals surface area contributed by atoms with Crippen molar-refractivity contribution in [3.05, 3.63) is 117 Å². The second kappa shape index (κ2) is 18.7. The third-order valence-electron chi connectivity index (χ3n) is 9.77. The highest BCUT2D eigenvalue weighted by molar-refractivity contribution is 7.89. The van der Waals surface area contributed by atoms with Crippen LogP contribution in [0.15, 0.2) is 105 Å². The zero-order valence-corrected chi connectivity index (χ0v) is 36.9. The van der Waals surface area contributed by atoms with E-state index in [-0.39, 0.29) is 14.8 Å². The van der Waals surface area contributed by atoms with Gasteiger partial charge < -0.3 is 19.3 Å². The van der Waals surface area contributed by atoms with Gasteiger partial charge in [-0.25, -0.2) is 35.6 Å². The Morgan fingerprint density at radius 1 is 0.583 bits per heavy atom. The van der Waals surface area contributed by atoms with E-state index in [1.54, 1.807) is 66.7 Å². The summed E-state index contributed by atoms with van der Waals surface area (Å²) >= 11 is 14.7. The number of halogens is 4. The number of sulfonamides is 2. The Balaban J connectivity index is 0.000000181. The fourth-order valence-corrected chi connectivity index (χ4v) is 11.5. The van der Waals surface area contributed by atoms with E-state index in [0.29, 0.717) is 85.8 Å². The molecule has 4 aromatic carbocycles. The molecule has 0 radical (unpaired) electrons. The van der Waals surface area contributed by atoms with Crippen LogP contribution in [0.2, 0.25) is 10.0 Å². The quantitative estimate of drug-likeness (QED) is 0.133. The van der Waals surface area contributed by atoms with Gasteiger partial charge in [0.1, 0.15) is 23.1 Å². The van der Waals surface area contributed by atoms with Crippen LogP contribution in [0.25, 0.3) is 22.5 Å². The van der Waals surface area contributed by atoms with E-state index in [1.165, 1.54) is 63.7 Å². The fourth-order valence-electron chi connectivity index (χ4n) is 6.47. The Labute approximate surface area is 365 Å². The largest absolute Gasteiger partial charge is 0.497 e. The molecule has 60 heavy (non-hydrogen) atoms. The van der Waals surface area contributed by atoms with Gasteiger partial charge in [-0.05, 0) is 84.9 Å². The Kier molecular flexibility index (Phi) is 13.6. The number of nitrogens with zero attached hydrogens (tertiary/aromatic N) is 6. The van der Waals surface area contributed by atoms with Crippen molar-refractivity contribution >= 4 is 76.2 Å². The van der Waals surface area contributed by atoms with Crippen molar-refractivity contribution in [1.29, 1.82) is 0 Å². The third kappa shape index (κ3) is 9.87. The second-order valence-electron chi connectivity index (χ2n) is 13.5. The summed E-state index contributed by atoms with van der Waals surface area (Å²) in [5.41, 5.74) is 2.71. The van der Waals surface area contributed by atoms with Crippen molar-refractivity contribution < 1.29 is 35.1 Å². The second-order valence-corrected chi connectivity index (χ2v) is 19.8. The number of benzene rings is 4. The number of thiazole rings is 2.